The molecule has 1 saturated carbocycles. The first-order valence-corrected chi connectivity index (χ1v) is 9.76. The number of hydrogen-bond donors (Lipinski definition) is 1. The molecule has 2 heterocycles. The summed E-state index contributed by atoms with van der Waals surface area (Å²) in [7, 11) is -3.52. The van der Waals surface area contributed by atoms with E-state index >= 15 is 0 Å². The lowest BCUT2D eigenvalue weighted by Gasteiger charge is -2.32. The second-order valence-electron chi connectivity index (χ2n) is 6.47. The third-order valence-corrected chi connectivity index (χ3v) is 6.26. The molecular weight excluding hydrogens is 316 g/mol. The topological polar surface area (TPSA) is 67.9 Å². The number of nitrogens with zero attached hydrogens (tertiary/aromatic N) is 1. The minimum absolute atomic E-state index is 0.0169. The molecule has 1 aromatic carbocycles. The van der Waals surface area contributed by atoms with Crippen LogP contribution in [-0.2, 0) is 10.0 Å². The zero-order valence-electron chi connectivity index (χ0n) is 13.0. The summed E-state index contributed by atoms with van der Waals surface area (Å²) in [6, 6.07) is 5.57. The quantitative estimate of drug-likeness (QED) is 0.898. The summed E-state index contributed by atoms with van der Waals surface area (Å²) in [5.41, 5.74) is 0. The fraction of sp³-hybridized carbons (Fsp3) is 0.625. The number of fused-ring (bicyclic) bond motifs is 1. The average molecular weight is 338 g/mol. The van der Waals surface area contributed by atoms with Crippen LogP contribution in [0.25, 0.3) is 0 Å². The Hall–Kier alpha value is -1.31. The van der Waals surface area contributed by atoms with Crippen LogP contribution in [0.2, 0.25) is 0 Å². The minimum atomic E-state index is -3.52. The van der Waals surface area contributed by atoms with Gasteiger partial charge in [0.1, 0.15) is 13.2 Å². The zero-order valence-corrected chi connectivity index (χ0v) is 13.8. The lowest BCUT2D eigenvalue weighted by atomic mass is 10.1. The van der Waals surface area contributed by atoms with E-state index in [2.05, 4.69) is 9.62 Å². The van der Waals surface area contributed by atoms with Crippen molar-refractivity contribution in [1.29, 1.82) is 0 Å². The molecule has 1 saturated heterocycles. The molecule has 6 nitrogen and oxygen atoms in total. The Balaban J connectivity index is 1.43. The first kappa shape index (κ1) is 15.2. The number of hydrogen-bond acceptors (Lipinski definition) is 5. The summed E-state index contributed by atoms with van der Waals surface area (Å²) in [5.74, 6) is 1.11. The molecule has 4 rings (SSSR count). The van der Waals surface area contributed by atoms with Crippen molar-refractivity contribution in [2.75, 3.05) is 26.3 Å². The standard InChI is InChI=1S/C16H22N2O4S/c19-23(20,14-3-4-15-16(11-14)22-10-9-21-15)17-12-5-7-18(8-6-12)13-1-2-13/h3-4,11-13,17H,1-2,5-10H2. The maximum atomic E-state index is 12.6. The van der Waals surface area contributed by atoms with Gasteiger partial charge in [0.15, 0.2) is 11.5 Å². The fourth-order valence-electron chi connectivity index (χ4n) is 3.30. The molecule has 2 fully saturated rings. The molecule has 0 spiro atoms. The average Bonchev–Trinajstić information content (AvgIpc) is 3.40. The van der Waals surface area contributed by atoms with E-state index in [1.807, 2.05) is 0 Å². The Bertz CT molecular complexity index is 679. The zero-order chi connectivity index (χ0) is 15.9. The molecule has 0 bridgehead atoms. The number of sulfonamides is 1. The van der Waals surface area contributed by atoms with Crippen LogP contribution in [0.4, 0.5) is 0 Å². The molecule has 1 N–H and O–H groups in total. The molecule has 0 unspecified atom stereocenters. The van der Waals surface area contributed by atoms with Crippen LogP contribution in [0.15, 0.2) is 23.1 Å². The Labute approximate surface area is 136 Å². The van der Waals surface area contributed by atoms with Gasteiger partial charge in [-0.3, -0.25) is 0 Å². The molecule has 0 amide bonds. The summed E-state index contributed by atoms with van der Waals surface area (Å²) < 4.78 is 38.9. The Morgan fingerprint density at radius 3 is 2.39 bits per heavy atom. The molecule has 23 heavy (non-hydrogen) atoms. The van der Waals surface area contributed by atoms with Crippen molar-refractivity contribution < 1.29 is 17.9 Å². The largest absolute Gasteiger partial charge is 0.486 e. The lowest BCUT2D eigenvalue weighted by Crippen LogP contribution is -2.45. The SMILES string of the molecule is O=S(=O)(NC1CCN(C2CC2)CC1)c1ccc2c(c1)OCCO2. The van der Waals surface area contributed by atoms with Gasteiger partial charge in [-0.05, 0) is 50.9 Å². The van der Waals surface area contributed by atoms with Gasteiger partial charge < -0.3 is 14.4 Å². The molecule has 1 aliphatic carbocycles. The van der Waals surface area contributed by atoms with E-state index in [9.17, 15) is 8.42 Å². The highest BCUT2D eigenvalue weighted by Gasteiger charge is 2.33. The van der Waals surface area contributed by atoms with Gasteiger partial charge in [-0.25, -0.2) is 13.1 Å². The highest BCUT2D eigenvalue weighted by molar-refractivity contribution is 7.89. The fourth-order valence-corrected chi connectivity index (χ4v) is 4.62. The minimum Gasteiger partial charge on any atom is -0.486 e. The maximum absolute atomic E-state index is 12.6. The molecule has 2 aliphatic heterocycles. The highest BCUT2D eigenvalue weighted by Crippen LogP contribution is 2.33. The molecule has 3 aliphatic rings. The number of rotatable bonds is 4. The van der Waals surface area contributed by atoms with Gasteiger partial charge in [0.2, 0.25) is 10.0 Å². The van der Waals surface area contributed by atoms with Crippen molar-refractivity contribution in [3.05, 3.63) is 18.2 Å². The van der Waals surface area contributed by atoms with E-state index in [0.717, 1.165) is 32.0 Å². The van der Waals surface area contributed by atoms with Crippen LogP contribution in [0, 0.1) is 0 Å². The van der Waals surface area contributed by atoms with E-state index in [1.54, 1.807) is 18.2 Å². The van der Waals surface area contributed by atoms with Gasteiger partial charge in [-0.1, -0.05) is 0 Å². The van der Waals surface area contributed by atoms with Crippen molar-refractivity contribution in [2.45, 2.75) is 42.7 Å². The van der Waals surface area contributed by atoms with Gasteiger partial charge in [-0.2, -0.15) is 0 Å². The molecular formula is C16H22N2O4S. The van der Waals surface area contributed by atoms with E-state index in [4.69, 9.17) is 9.47 Å². The van der Waals surface area contributed by atoms with Gasteiger partial charge in [0.25, 0.3) is 0 Å². The second kappa shape index (κ2) is 5.96. The molecule has 1 aromatic rings. The number of likely N-dealkylation sites (tertiary alicyclic amines) is 1. The predicted octanol–water partition coefficient (Wildman–Crippen LogP) is 1.36. The number of nitrogens with one attached hydrogen (secondary N) is 1. The van der Waals surface area contributed by atoms with Crippen LogP contribution in [0.1, 0.15) is 25.7 Å². The van der Waals surface area contributed by atoms with Gasteiger partial charge >= 0.3 is 0 Å². The number of benzene rings is 1. The highest BCUT2D eigenvalue weighted by atomic mass is 32.2. The predicted molar refractivity (Wildman–Crippen MR) is 85.4 cm³/mol. The van der Waals surface area contributed by atoms with Gasteiger partial charge in [-0.15, -0.1) is 0 Å². The Morgan fingerprint density at radius 2 is 1.70 bits per heavy atom. The third-order valence-electron chi connectivity index (χ3n) is 4.74. The van der Waals surface area contributed by atoms with E-state index in [1.165, 1.54) is 12.8 Å². The second-order valence-corrected chi connectivity index (χ2v) is 8.18. The molecule has 0 aromatic heterocycles. The smallest absolute Gasteiger partial charge is 0.240 e. The summed E-state index contributed by atoms with van der Waals surface area (Å²) in [4.78, 5) is 2.72. The third kappa shape index (κ3) is 3.32. The monoisotopic (exact) mass is 338 g/mol. The normalized spacial score (nSPS) is 23.0. The van der Waals surface area contributed by atoms with E-state index in [-0.39, 0.29) is 10.9 Å². The summed E-state index contributed by atoms with van der Waals surface area (Å²) in [5, 5.41) is 0. The van der Waals surface area contributed by atoms with Crippen molar-refractivity contribution in [3.63, 3.8) is 0 Å². The van der Waals surface area contributed by atoms with E-state index < -0.39 is 10.0 Å². The molecule has 7 heteroatoms. The van der Waals surface area contributed by atoms with E-state index in [0.29, 0.717) is 24.7 Å². The maximum Gasteiger partial charge on any atom is 0.240 e. The van der Waals surface area contributed by atoms with Crippen LogP contribution >= 0.6 is 0 Å². The van der Waals surface area contributed by atoms with Crippen molar-refractivity contribution in [2.24, 2.45) is 0 Å². The molecule has 126 valence electrons. The van der Waals surface area contributed by atoms with Crippen molar-refractivity contribution in [1.82, 2.24) is 9.62 Å². The van der Waals surface area contributed by atoms with Crippen LogP contribution < -0.4 is 14.2 Å². The van der Waals surface area contributed by atoms with Crippen LogP contribution in [0.5, 0.6) is 11.5 Å². The Kier molecular flexibility index (Phi) is 3.95. The van der Waals surface area contributed by atoms with Gasteiger partial charge in [0, 0.05) is 18.2 Å². The lowest BCUT2D eigenvalue weighted by molar-refractivity contribution is 0.171. The first-order valence-electron chi connectivity index (χ1n) is 8.28. The number of ether oxygens (including phenoxy) is 2. The van der Waals surface area contributed by atoms with Crippen molar-refractivity contribution >= 4 is 10.0 Å². The first-order chi connectivity index (χ1) is 11.1. The van der Waals surface area contributed by atoms with Gasteiger partial charge in [0.05, 0.1) is 4.90 Å². The Morgan fingerprint density at radius 1 is 1.00 bits per heavy atom. The van der Waals surface area contributed by atoms with Crippen LogP contribution in [-0.4, -0.2) is 51.7 Å². The summed E-state index contributed by atoms with van der Waals surface area (Å²) in [6.07, 6.45) is 4.35. The summed E-state index contributed by atoms with van der Waals surface area (Å²) in [6.45, 7) is 2.92. The summed E-state index contributed by atoms with van der Waals surface area (Å²) >= 11 is 0. The number of piperidine rings is 1. The van der Waals surface area contributed by atoms with Crippen LogP contribution in [0.3, 0.4) is 0 Å². The van der Waals surface area contributed by atoms with Crippen molar-refractivity contribution in [3.8, 4) is 11.5 Å². The molecule has 0 atom stereocenters. The molecule has 0 radical (unpaired) electrons.